The van der Waals surface area contributed by atoms with Crippen molar-refractivity contribution in [3.63, 3.8) is 0 Å². The summed E-state index contributed by atoms with van der Waals surface area (Å²) in [5.41, 5.74) is -3.02. The van der Waals surface area contributed by atoms with Gasteiger partial charge in [-0.05, 0) is 43.3 Å². The van der Waals surface area contributed by atoms with Crippen molar-refractivity contribution in [1.82, 2.24) is 9.78 Å². The Hall–Kier alpha value is -3.83. The lowest BCUT2D eigenvalue weighted by Crippen LogP contribution is -2.18. The van der Waals surface area contributed by atoms with Gasteiger partial charge >= 0.3 is 12.1 Å². The summed E-state index contributed by atoms with van der Waals surface area (Å²) in [6.45, 7) is 1.30. The van der Waals surface area contributed by atoms with E-state index in [4.69, 9.17) is 0 Å². The van der Waals surface area contributed by atoms with Crippen LogP contribution >= 0.6 is 0 Å². The van der Waals surface area contributed by atoms with E-state index in [0.717, 1.165) is 30.3 Å². The number of nitrogens with zero attached hydrogens (tertiary/aromatic N) is 2. The summed E-state index contributed by atoms with van der Waals surface area (Å²) in [4.78, 5) is 24.1. The molecule has 32 heavy (non-hydrogen) atoms. The van der Waals surface area contributed by atoms with Gasteiger partial charge in [0, 0.05) is 5.56 Å². The van der Waals surface area contributed by atoms with Gasteiger partial charge in [-0.2, -0.15) is 18.3 Å². The van der Waals surface area contributed by atoms with E-state index in [1.165, 1.54) is 6.92 Å². The molecule has 2 aromatic carbocycles. The molecule has 0 spiro atoms. The third kappa shape index (κ3) is 4.43. The number of halogens is 6. The molecule has 0 fully saturated rings. The molecule has 1 amide bonds. The standard InChI is InChI=1S/C20H13F6N3O3/c1-2-32-19(31)12-9-27-29(17(12)20(24,25)26)11-5-3-10(4-6-11)18(30)28-14-8-7-13(21)15(22)16(14)23/h3-9H,2H2,1H3,(H,28,30). The molecule has 0 unspecified atom stereocenters. The highest BCUT2D eigenvalue weighted by Gasteiger charge is 2.41. The number of hydrogen-bond donors (Lipinski definition) is 1. The van der Waals surface area contributed by atoms with Crippen molar-refractivity contribution in [3.8, 4) is 5.69 Å². The van der Waals surface area contributed by atoms with Crippen molar-refractivity contribution in [2.24, 2.45) is 0 Å². The largest absolute Gasteiger partial charge is 0.462 e. The van der Waals surface area contributed by atoms with Gasteiger partial charge in [0.05, 0.1) is 24.2 Å². The van der Waals surface area contributed by atoms with E-state index in [-0.39, 0.29) is 17.9 Å². The minimum Gasteiger partial charge on any atom is -0.462 e. The first kappa shape index (κ1) is 22.8. The first-order chi connectivity index (χ1) is 15.0. The van der Waals surface area contributed by atoms with Gasteiger partial charge in [-0.15, -0.1) is 0 Å². The molecule has 0 saturated heterocycles. The second-order valence-electron chi connectivity index (χ2n) is 6.26. The zero-order chi connectivity index (χ0) is 23.6. The number of carbonyl (C=O) groups is 2. The molecule has 1 N–H and O–H groups in total. The SMILES string of the molecule is CCOC(=O)c1cnn(-c2ccc(C(=O)Nc3ccc(F)c(F)c3F)cc2)c1C(F)(F)F. The molecule has 0 aliphatic rings. The number of ether oxygens (including phenoxy) is 1. The van der Waals surface area contributed by atoms with Gasteiger partial charge in [0.15, 0.2) is 23.1 Å². The van der Waals surface area contributed by atoms with Crippen LogP contribution in [0.3, 0.4) is 0 Å². The molecule has 168 valence electrons. The normalized spacial score (nSPS) is 11.3. The maximum Gasteiger partial charge on any atom is 0.434 e. The Balaban J connectivity index is 1.90. The van der Waals surface area contributed by atoms with Crippen LogP contribution in [0.5, 0.6) is 0 Å². The van der Waals surface area contributed by atoms with Crippen molar-refractivity contribution < 1.29 is 40.7 Å². The fourth-order valence-electron chi connectivity index (χ4n) is 2.75. The van der Waals surface area contributed by atoms with Crippen molar-refractivity contribution in [2.45, 2.75) is 13.1 Å². The zero-order valence-corrected chi connectivity index (χ0v) is 16.1. The minimum absolute atomic E-state index is 0.121. The highest BCUT2D eigenvalue weighted by molar-refractivity contribution is 6.04. The number of carbonyl (C=O) groups excluding carboxylic acids is 2. The third-order valence-corrected chi connectivity index (χ3v) is 4.19. The van der Waals surface area contributed by atoms with Gasteiger partial charge in [-0.25, -0.2) is 22.6 Å². The number of hydrogen-bond acceptors (Lipinski definition) is 4. The maximum atomic E-state index is 13.7. The van der Waals surface area contributed by atoms with Crippen LogP contribution in [-0.2, 0) is 10.9 Å². The van der Waals surface area contributed by atoms with Crippen molar-refractivity contribution >= 4 is 17.6 Å². The highest BCUT2D eigenvalue weighted by atomic mass is 19.4. The lowest BCUT2D eigenvalue weighted by molar-refractivity contribution is -0.143. The van der Waals surface area contributed by atoms with Gasteiger partial charge in [0.1, 0.15) is 5.56 Å². The smallest absolute Gasteiger partial charge is 0.434 e. The molecular weight excluding hydrogens is 444 g/mol. The predicted molar refractivity (Wildman–Crippen MR) is 98.8 cm³/mol. The Morgan fingerprint density at radius 3 is 2.28 bits per heavy atom. The maximum absolute atomic E-state index is 13.7. The van der Waals surface area contributed by atoms with E-state index >= 15 is 0 Å². The van der Waals surface area contributed by atoms with Gasteiger partial charge in [0.25, 0.3) is 5.91 Å². The van der Waals surface area contributed by atoms with E-state index in [1.54, 1.807) is 0 Å². The second kappa shape index (κ2) is 8.73. The van der Waals surface area contributed by atoms with Crippen LogP contribution in [0.15, 0.2) is 42.6 Å². The molecule has 0 bridgehead atoms. The highest BCUT2D eigenvalue weighted by Crippen LogP contribution is 2.34. The molecule has 0 aliphatic heterocycles. The zero-order valence-electron chi connectivity index (χ0n) is 16.1. The van der Waals surface area contributed by atoms with Crippen LogP contribution in [0.25, 0.3) is 5.69 Å². The monoisotopic (exact) mass is 457 g/mol. The summed E-state index contributed by atoms with van der Waals surface area (Å²) in [5, 5.41) is 5.63. The Morgan fingerprint density at radius 1 is 1.03 bits per heavy atom. The van der Waals surface area contributed by atoms with Crippen LogP contribution in [0.4, 0.5) is 32.0 Å². The summed E-state index contributed by atoms with van der Waals surface area (Å²) < 4.78 is 85.7. The molecule has 6 nitrogen and oxygen atoms in total. The average molecular weight is 457 g/mol. The lowest BCUT2D eigenvalue weighted by Gasteiger charge is -2.13. The van der Waals surface area contributed by atoms with E-state index in [1.807, 2.05) is 5.32 Å². The van der Waals surface area contributed by atoms with E-state index < -0.39 is 52.4 Å². The molecular formula is C20H13F6N3O3. The topological polar surface area (TPSA) is 73.2 Å². The average Bonchev–Trinajstić information content (AvgIpc) is 3.20. The van der Waals surface area contributed by atoms with Crippen LogP contribution in [-0.4, -0.2) is 28.3 Å². The van der Waals surface area contributed by atoms with Crippen LogP contribution < -0.4 is 5.32 Å². The fraction of sp³-hybridized carbons (Fsp3) is 0.150. The first-order valence-electron chi connectivity index (χ1n) is 8.92. The number of aromatic nitrogens is 2. The van der Waals surface area contributed by atoms with Gasteiger partial charge in [-0.3, -0.25) is 4.79 Å². The quantitative estimate of drug-likeness (QED) is 0.341. The van der Waals surface area contributed by atoms with Gasteiger partial charge in [-0.1, -0.05) is 0 Å². The second-order valence-corrected chi connectivity index (χ2v) is 6.26. The predicted octanol–water partition coefficient (Wildman–Crippen LogP) is 4.74. The molecule has 1 heterocycles. The number of amides is 1. The lowest BCUT2D eigenvalue weighted by atomic mass is 10.1. The van der Waals surface area contributed by atoms with E-state index in [2.05, 4.69) is 9.84 Å². The Morgan fingerprint density at radius 2 is 1.69 bits per heavy atom. The number of rotatable bonds is 5. The summed E-state index contributed by atoms with van der Waals surface area (Å²) in [7, 11) is 0. The molecule has 0 atom stereocenters. The van der Waals surface area contributed by atoms with E-state index in [9.17, 15) is 35.9 Å². The number of anilines is 1. The summed E-state index contributed by atoms with van der Waals surface area (Å²) in [6.07, 6.45) is -4.23. The molecule has 3 rings (SSSR count). The molecule has 0 saturated carbocycles. The molecule has 12 heteroatoms. The Kier molecular flexibility index (Phi) is 6.23. The van der Waals surface area contributed by atoms with Crippen LogP contribution in [0.1, 0.15) is 33.3 Å². The first-order valence-corrected chi connectivity index (χ1v) is 8.92. The molecule has 0 aliphatic carbocycles. The number of nitrogens with one attached hydrogen (secondary N) is 1. The van der Waals surface area contributed by atoms with Crippen molar-refractivity contribution in [3.05, 3.63) is 76.9 Å². The molecule has 0 radical (unpaired) electrons. The molecule has 3 aromatic rings. The van der Waals surface area contributed by atoms with E-state index in [0.29, 0.717) is 16.9 Å². The van der Waals surface area contributed by atoms with Gasteiger partial charge in [0.2, 0.25) is 0 Å². The summed E-state index contributed by atoms with van der Waals surface area (Å²) >= 11 is 0. The van der Waals surface area contributed by atoms with Crippen molar-refractivity contribution in [1.29, 1.82) is 0 Å². The fourth-order valence-corrected chi connectivity index (χ4v) is 2.75. The number of benzene rings is 2. The van der Waals surface area contributed by atoms with Gasteiger partial charge < -0.3 is 10.1 Å². The Bertz CT molecular complexity index is 1170. The van der Waals surface area contributed by atoms with Crippen LogP contribution in [0, 0.1) is 17.5 Å². The summed E-state index contributed by atoms with van der Waals surface area (Å²) in [5.74, 6) is -6.94. The number of alkyl halides is 3. The molecule has 1 aromatic heterocycles. The Labute approximate surface area is 176 Å². The number of esters is 1. The van der Waals surface area contributed by atoms with Crippen molar-refractivity contribution in [2.75, 3.05) is 11.9 Å². The van der Waals surface area contributed by atoms with Crippen LogP contribution in [0.2, 0.25) is 0 Å². The third-order valence-electron chi connectivity index (χ3n) is 4.19. The summed E-state index contributed by atoms with van der Waals surface area (Å²) in [6, 6.07) is 5.86. The minimum atomic E-state index is -4.95.